The molecule has 3 rings (SSSR count). The first-order valence-corrected chi connectivity index (χ1v) is 7.03. The normalized spacial score (nSPS) is 18.8. The van der Waals surface area contributed by atoms with Crippen LogP contribution in [-0.4, -0.2) is 28.0 Å². The second-order valence-corrected chi connectivity index (χ2v) is 5.36. The van der Waals surface area contributed by atoms with Crippen LogP contribution in [0.25, 0.3) is 0 Å². The van der Waals surface area contributed by atoms with Crippen LogP contribution in [0.5, 0.6) is 11.5 Å². The molecule has 1 aliphatic rings. The van der Waals surface area contributed by atoms with Crippen LogP contribution in [-0.2, 0) is 10.3 Å². The molecule has 21 heavy (non-hydrogen) atoms. The highest BCUT2D eigenvalue weighted by Crippen LogP contribution is 2.39. The molecule has 0 amide bonds. The van der Waals surface area contributed by atoms with Crippen molar-refractivity contribution in [2.45, 2.75) is 24.5 Å². The van der Waals surface area contributed by atoms with Gasteiger partial charge in [-0.25, -0.2) is 0 Å². The Morgan fingerprint density at radius 2 is 1.33 bits per heavy atom. The Kier molecular flexibility index (Phi) is 3.57. The van der Waals surface area contributed by atoms with E-state index < -0.39 is 5.60 Å². The van der Waals surface area contributed by atoms with Crippen molar-refractivity contribution in [1.82, 2.24) is 0 Å². The molecule has 1 unspecified atom stereocenters. The van der Waals surface area contributed by atoms with Crippen molar-refractivity contribution in [2.75, 3.05) is 6.61 Å². The van der Waals surface area contributed by atoms with Crippen molar-refractivity contribution in [2.24, 2.45) is 0 Å². The summed E-state index contributed by atoms with van der Waals surface area (Å²) in [5.74, 6) is 0.304. The van der Waals surface area contributed by atoms with Gasteiger partial charge >= 0.3 is 0 Å². The molecule has 4 heteroatoms. The Morgan fingerprint density at radius 3 is 1.71 bits per heavy atom. The summed E-state index contributed by atoms with van der Waals surface area (Å²) < 4.78 is 5.71. The third kappa shape index (κ3) is 2.48. The zero-order valence-corrected chi connectivity index (χ0v) is 11.6. The number of phenols is 2. The Balaban J connectivity index is 2.09. The Labute approximate surface area is 123 Å². The standard InChI is InChI=1S/C17H18O4/c18-14-7-3-12(4-8-14)17(20,16-2-1-11-21-16)13-5-9-15(19)10-6-13/h3-10,16,18-20H,1-2,11H2. The summed E-state index contributed by atoms with van der Waals surface area (Å²) in [7, 11) is 0. The van der Waals surface area contributed by atoms with Crippen LogP contribution in [0.4, 0.5) is 0 Å². The molecule has 1 fully saturated rings. The van der Waals surface area contributed by atoms with Crippen molar-refractivity contribution in [3.8, 4) is 11.5 Å². The predicted molar refractivity (Wildman–Crippen MR) is 78.2 cm³/mol. The summed E-state index contributed by atoms with van der Waals surface area (Å²) in [6.07, 6.45) is 1.33. The lowest BCUT2D eigenvalue weighted by molar-refractivity contribution is -0.0620. The van der Waals surface area contributed by atoms with Crippen LogP contribution >= 0.6 is 0 Å². The molecular formula is C17H18O4. The largest absolute Gasteiger partial charge is 0.508 e. The van der Waals surface area contributed by atoms with Gasteiger partial charge in [-0.3, -0.25) is 0 Å². The van der Waals surface area contributed by atoms with Crippen molar-refractivity contribution in [3.05, 3.63) is 59.7 Å². The SMILES string of the molecule is Oc1ccc(C(O)(c2ccc(O)cc2)C2CCCO2)cc1. The van der Waals surface area contributed by atoms with Crippen LogP contribution < -0.4 is 0 Å². The first kappa shape index (κ1) is 13.9. The quantitative estimate of drug-likeness (QED) is 0.811. The van der Waals surface area contributed by atoms with Crippen LogP contribution in [0.15, 0.2) is 48.5 Å². The second kappa shape index (κ2) is 5.39. The van der Waals surface area contributed by atoms with E-state index in [2.05, 4.69) is 0 Å². The van der Waals surface area contributed by atoms with E-state index in [0.717, 1.165) is 12.8 Å². The zero-order valence-electron chi connectivity index (χ0n) is 11.6. The molecule has 3 N–H and O–H groups in total. The maximum absolute atomic E-state index is 11.3. The molecule has 2 aromatic carbocycles. The summed E-state index contributed by atoms with van der Waals surface area (Å²) in [5.41, 5.74) is 0.0357. The fourth-order valence-electron chi connectivity index (χ4n) is 2.88. The number of hydrogen-bond acceptors (Lipinski definition) is 4. The summed E-state index contributed by atoms with van der Waals surface area (Å²) in [4.78, 5) is 0. The van der Waals surface area contributed by atoms with Gasteiger partial charge in [0.2, 0.25) is 0 Å². The first-order valence-electron chi connectivity index (χ1n) is 7.03. The minimum Gasteiger partial charge on any atom is -0.508 e. The maximum Gasteiger partial charge on any atom is 0.141 e. The van der Waals surface area contributed by atoms with Gasteiger partial charge in [0.15, 0.2) is 0 Å². The van der Waals surface area contributed by atoms with Crippen molar-refractivity contribution in [1.29, 1.82) is 0 Å². The summed E-state index contributed by atoms with van der Waals surface area (Å²) in [5, 5.41) is 30.2. The minimum absolute atomic E-state index is 0.152. The number of aromatic hydroxyl groups is 2. The third-order valence-corrected chi connectivity index (χ3v) is 4.01. The highest BCUT2D eigenvalue weighted by atomic mass is 16.5. The Hall–Kier alpha value is -2.04. The molecule has 1 heterocycles. The van der Waals surface area contributed by atoms with Crippen LogP contribution in [0, 0.1) is 0 Å². The molecular weight excluding hydrogens is 268 g/mol. The van der Waals surface area contributed by atoms with E-state index in [4.69, 9.17) is 4.74 Å². The molecule has 1 atom stereocenters. The third-order valence-electron chi connectivity index (χ3n) is 4.01. The average Bonchev–Trinajstić information content (AvgIpc) is 3.02. The average molecular weight is 286 g/mol. The van der Waals surface area contributed by atoms with Gasteiger partial charge in [-0.15, -0.1) is 0 Å². The van der Waals surface area contributed by atoms with E-state index in [1.807, 2.05) is 0 Å². The molecule has 0 aromatic heterocycles. The smallest absolute Gasteiger partial charge is 0.141 e. The molecule has 0 aliphatic carbocycles. The van der Waals surface area contributed by atoms with Gasteiger partial charge in [0, 0.05) is 6.61 Å². The fourth-order valence-corrected chi connectivity index (χ4v) is 2.88. The van der Waals surface area contributed by atoms with Crippen molar-refractivity contribution >= 4 is 0 Å². The van der Waals surface area contributed by atoms with E-state index in [9.17, 15) is 15.3 Å². The van der Waals surface area contributed by atoms with E-state index in [0.29, 0.717) is 17.7 Å². The van der Waals surface area contributed by atoms with E-state index in [-0.39, 0.29) is 17.6 Å². The Bertz CT molecular complexity index is 552. The number of rotatable bonds is 3. The lowest BCUT2D eigenvalue weighted by Crippen LogP contribution is -2.40. The van der Waals surface area contributed by atoms with E-state index in [1.54, 1.807) is 48.5 Å². The van der Waals surface area contributed by atoms with E-state index >= 15 is 0 Å². The number of phenolic OH excluding ortho intramolecular Hbond substituents is 2. The molecule has 2 aromatic rings. The minimum atomic E-state index is -1.29. The summed E-state index contributed by atoms with van der Waals surface area (Å²) >= 11 is 0. The summed E-state index contributed by atoms with van der Waals surface area (Å²) in [6, 6.07) is 13.0. The van der Waals surface area contributed by atoms with E-state index in [1.165, 1.54) is 0 Å². The van der Waals surface area contributed by atoms with Crippen LogP contribution in [0.1, 0.15) is 24.0 Å². The fraction of sp³-hybridized carbons (Fsp3) is 0.294. The molecule has 1 saturated heterocycles. The molecule has 0 spiro atoms. The van der Waals surface area contributed by atoms with Crippen LogP contribution in [0.3, 0.4) is 0 Å². The van der Waals surface area contributed by atoms with Gasteiger partial charge < -0.3 is 20.1 Å². The topological polar surface area (TPSA) is 69.9 Å². The molecule has 0 radical (unpaired) electrons. The highest BCUT2D eigenvalue weighted by Gasteiger charge is 2.42. The summed E-state index contributed by atoms with van der Waals surface area (Å²) in [6.45, 7) is 0.628. The maximum atomic E-state index is 11.3. The van der Waals surface area contributed by atoms with Gasteiger partial charge in [-0.05, 0) is 48.2 Å². The number of ether oxygens (including phenoxy) is 1. The van der Waals surface area contributed by atoms with Gasteiger partial charge in [0.25, 0.3) is 0 Å². The Morgan fingerprint density at radius 1 is 0.857 bits per heavy atom. The molecule has 1 aliphatic heterocycles. The van der Waals surface area contributed by atoms with Gasteiger partial charge in [-0.2, -0.15) is 0 Å². The molecule has 0 saturated carbocycles. The number of hydrogen-bond donors (Lipinski definition) is 3. The zero-order chi connectivity index (χ0) is 14.9. The number of aliphatic hydroxyl groups is 1. The lowest BCUT2D eigenvalue weighted by atomic mass is 9.80. The van der Waals surface area contributed by atoms with Crippen LogP contribution in [0.2, 0.25) is 0 Å². The molecule has 110 valence electrons. The van der Waals surface area contributed by atoms with Crippen molar-refractivity contribution in [3.63, 3.8) is 0 Å². The van der Waals surface area contributed by atoms with Gasteiger partial charge in [0.1, 0.15) is 17.1 Å². The monoisotopic (exact) mass is 286 g/mol. The lowest BCUT2D eigenvalue weighted by Gasteiger charge is -2.34. The van der Waals surface area contributed by atoms with Crippen molar-refractivity contribution < 1.29 is 20.1 Å². The van der Waals surface area contributed by atoms with Gasteiger partial charge in [-0.1, -0.05) is 24.3 Å². The molecule has 4 nitrogen and oxygen atoms in total. The predicted octanol–water partition coefficient (Wildman–Crippen LogP) is 2.51. The van der Waals surface area contributed by atoms with Gasteiger partial charge in [0.05, 0.1) is 6.10 Å². The molecule has 0 bridgehead atoms. The first-order chi connectivity index (χ1) is 10.1. The second-order valence-electron chi connectivity index (χ2n) is 5.36. The number of benzene rings is 2. The highest BCUT2D eigenvalue weighted by molar-refractivity contribution is 5.41.